The van der Waals surface area contributed by atoms with Crippen LogP contribution in [0.4, 0.5) is 4.79 Å². The van der Waals surface area contributed by atoms with Crippen LogP contribution in [0.3, 0.4) is 0 Å². The van der Waals surface area contributed by atoms with Gasteiger partial charge in [-0.15, -0.1) is 0 Å². The van der Waals surface area contributed by atoms with Crippen molar-refractivity contribution in [2.24, 2.45) is 0 Å². The number of imide groups is 1. The van der Waals surface area contributed by atoms with Crippen molar-refractivity contribution in [2.45, 2.75) is 31.3 Å². The van der Waals surface area contributed by atoms with Crippen LogP contribution in [-0.4, -0.2) is 28.1 Å². The van der Waals surface area contributed by atoms with Crippen molar-refractivity contribution in [3.63, 3.8) is 0 Å². The fraction of sp³-hybridized carbons (Fsp3) is 0.238. The molecule has 2 aromatic heterocycles. The third kappa shape index (κ3) is 3.27. The normalized spacial score (nSPS) is 20.9. The summed E-state index contributed by atoms with van der Waals surface area (Å²) in [5.74, 6) is 0.602. The Balaban J connectivity index is 1.46. The SMILES string of the molecule is O=C1NC(=O)C([C@@H]2CCCc3cc(Oc4ccnc5cc(Cl)ccc45)cnc32)O1. The van der Waals surface area contributed by atoms with Crippen molar-refractivity contribution in [1.82, 2.24) is 15.3 Å². The number of fused-ring (bicyclic) bond motifs is 2. The summed E-state index contributed by atoms with van der Waals surface area (Å²) < 4.78 is 11.3. The number of rotatable bonds is 3. The minimum absolute atomic E-state index is 0.247. The number of nitrogens with one attached hydrogen (secondary N) is 1. The number of aryl methyl sites for hydroxylation is 1. The predicted molar refractivity (Wildman–Crippen MR) is 105 cm³/mol. The number of carbonyl (C=O) groups excluding carboxylic acids is 2. The Kier molecular flexibility index (Phi) is 4.32. The topological polar surface area (TPSA) is 90.4 Å². The van der Waals surface area contributed by atoms with Crippen LogP contribution < -0.4 is 10.1 Å². The van der Waals surface area contributed by atoms with Crippen molar-refractivity contribution in [3.05, 3.63) is 59.0 Å². The average Bonchev–Trinajstić information content (AvgIpc) is 3.05. The van der Waals surface area contributed by atoms with E-state index in [0.29, 0.717) is 16.5 Å². The molecule has 1 fully saturated rings. The summed E-state index contributed by atoms with van der Waals surface area (Å²) in [4.78, 5) is 32.3. The molecule has 1 saturated heterocycles. The molecule has 5 rings (SSSR count). The second kappa shape index (κ2) is 7.00. The number of nitrogens with zero attached hydrogens (tertiary/aromatic N) is 2. The number of benzene rings is 1. The van der Waals surface area contributed by atoms with E-state index in [1.807, 2.05) is 12.1 Å². The van der Waals surface area contributed by atoms with E-state index in [-0.39, 0.29) is 5.92 Å². The fourth-order valence-corrected chi connectivity index (χ4v) is 4.15. The van der Waals surface area contributed by atoms with Crippen molar-refractivity contribution >= 4 is 34.5 Å². The summed E-state index contributed by atoms with van der Waals surface area (Å²) >= 11 is 6.05. The number of pyridine rings is 2. The molecule has 146 valence electrons. The molecule has 1 aromatic carbocycles. The lowest BCUT2D eigenvalue weighted by Crippen LogP contribution is -2.32. The fourth-order valence-electron chi connectivity index (χ4n) is 3.98. The molecular weight excluding hydrogens is 394 g/mol. The number of hydrogen-bond donors (Lipinski definition) is 1. The number of alkyl carbamates (subject to hydrolysis) is 1. The predicted octanol–water partition coefficient (Wildman–Crippen LogP) is 4.13. The first-order valence-electron chi connectivity index (χ1n) is 9.31. The van der Waals surface area contributed by atoms with Gasteiger partial charge in [-0.3, -0.25) is 20.1 Å². The largest absolute Gasteiger partial charge is 0.455 e. The molecule has 2 aliphatic rings. The van der Waals surface area contributed by atoms with Gasteiger partial charge in [0.2, 0.25) is 0 Å². The molecular formula is C21H16ClN3O4. The minimum Gasteiger partial charge on any atom is -0.455 e. The van der Waals surface area contributed by atoms with Gasteiger partial charge >= 0.3 is 6.09 Å². The monoisotopic (exact) mass is 409 g/mol. The lowest BCUT2D eigenvalue weighted by molar-refractivity contribution is -0.124. The molecule has 8 heteroatoms. The summed E-state index contributed by atoms with van der Waals surface area (Å²) in [5.41, 5.74) is 2.52. The maximum atomic E-state index is 12.0. The maximum Gasteiger partial charge on any atom is 0.414 e. The van der Waals surface area contributed by atoms with Crippen LogP contribution in [0.2, 0.25) is 5.02 Å². The number of aromatic nitrogens is 2. The molecule has 3 heterocycles. The van der Waals surface area contributed by atoms with Crippen LogP contribution in [0.1, 0.15) is 30.0 Å². The number of halogens is 1. The number of hydrogen-bond acceptors (Lipinski definition) is 6. The number of carbonyl (C=O) groups is 2. The van der Waals surface area contributed by atoms with Crippen LogP contribution in [0.15, 0.2) is 42.7 Å². The number of ether oxygens (including phenoxy) is 2. The molecule has 0 bridgehead atoms. The quantitative estimate of drug-likeness (QED) is 0.699. The lowest BCUT2D eigenvalue weighted by Gasteiger charge is -2.26. The zero-order valence-electron chi connectivity index (χ0n) is 15.2. The molecule has 2 atom stereocenters. The molecule has 1 N–H and O–H groups in total. The molecule has 0 spiro atoms. The highest BCUT2D eigenvalue weighted by atomic mass is 35.5. The van der Waals surface area contributed by atoms with Gasteiger partial charge < -0.3 is 9.47 Å². The van der Waals surface area contributed by atoms with Crippen LogP contribution in [-0.2, 0) is 16.0 Å². The van der Waals surface area contributed by atoms with Crippen molar-refractivity contribution in [1.29, 1.82) is 0 Å². The first-order valence-corrected chi connectivity index (χ1v) is 9.69. The van der Waals surface area contributed by atoms with E-state index in [1.54, 1.807) is 30.6 Å². The summed E-state index contributed by atoms with van der Waals surface area (Å²) in [6.45, 7) is 0. The zero-order chi connectivity index (χ0) is 20.0. The summed E-state index contributed by atoms with van der Waals surface area (Å²) in [7, 11) is 0. The van der Waals surface area contributed by atoms with E-state index < -0.39 is 18.1 Å². The Bertz CT molecular complexity index is 1150. The molecule has 7 nitrogen and oxygen atoms in total. The molecule has 1 aliphatic carbocycles. The maximum absolute atomic E-state index is 12.0. The van der Waals surface area contributed by atoms with E-state index >= 15 is 0 Å². The second-order valence-electron chi connectivity index (χ2n) is 7.10. The van der Waals surface area contributed by atoms with Crippen molar-refractivity contribution in [3.8, 4) is 11.5 Å². The number of cyclic esters (lactones) is 1. The van der Waals surface area contributed by atoms with Gasteiger partial charge in [-0.25, -0.2) is 4.79 Å². The third-order valence-corrected chi connectivity index (χ3v) is 5.50. The van der Waals surface area contributed by atoms with E-state index in [2.05, 4.69) is 15.3 Å². The van der Waals surface area contributed by atoms with E-state index in [4.69, 9.17) is 21.1 Å². The third-order valence-electron chi connectivity index (χ3n) is 5.26. The smallest absolute Gasteiger partial charge is 0.414 e. The van der Waals surface area contributed by atoms with E-state index in [9.17, 15) is 9.59 Å². The van der Waals surface area contributed by atoms with Crippen LogP contribution in [0, 0.1) is 0 Å². The molecule has 0 radical (unpaired) electrons. The highest BCUT2D eigenvalue weighted by Crippen LogP contribution is 2.38. The van der Waals surface area contributed by atoms with Crippen LogP contribution >= 0.6 is 11.6 Å². The van der Waals surface area contributed by atoms with Crippen molar-refractivity contribution in [2.75, 3.05) is 0 Å². The molecule has 0 saturated carbocycles. The first-order chi connectivity index (χ1) is 14.1. The summed E-state index contributed by atoms with van der Waals surface area (Å²) in [6.07, 6.45) is 4.22. The second-order valence-corrected chi connectivity index (χ2v) is 7.54. The van der Waals surface area contributed by atoms with Gasteiger partial charge in [0.15, 0.2) is 6.10 Å². The minimum atomic E-state index is -0.824. The number of amides is 2. The van der Waals surface area contributed by atoms with Crippen LogP contribution in [0.5, 0.6) is 11.5 Å². The molecule has 29 heavy (non-hydrogen) atoms. The zero-order valence-corrected chi connectivity index (χ0v) is 16.0. The van der Waals surface area contributed by atoms with Gasteiger partial charge in [0.05, 0.1) is 17.4 Å². The Morgan fingerprint density at radius 2 is 2.07 bits per heavy atom. The van der Waals surface area contributed by atoms with Gasteiger partial charge in [0, 0.05) is 22.5 Å². The molecule has 3 aromatic rings. The Hall–Kier alpha value is -3.19. The standard InChI is InChI=1S/C21H16ClN3O4/c22-12-4-5-14-16(9-12)23-7-6-17(14)28-13-8-11-2-1-3-15(18(11)24-10-13)19-20(26)25-21(27)29-19/h4-10,15,19H,1-3H2,(H,25,26,27)/t15-,19?/m1/s1. The average molecular weight is 410 g/mol. The first kappa shape index (κ1) is 17.9. The van der Waals surface area contributed by atoms with Crippen LogP contribution in [0.25, 0.3) is 10.9 Å². The van der Waals surface area contributed by atoms with Gasteiger partial charge in [0.25, 0.3) is 5.91 Å². The van der Waals surface area contributed by atoms with E-state index in [0.717, 1.165) is 41.4 Å². The van der Waals surface area contributed by atoms with Crippen molar-refractivity contribution < 1.29 is 19.1 Å². The van der Waals surface area contributed by atoms with Gasteiger partial charge in [-0.1, -0.05) is 11.6 Å². The summed E-state index contributed by atoms with van der Waals surface area (Å²) in [5, 5.41) is 3.65. The molecule has 1 aliphatic heterocycles. The van der Waals surface area contributed by atoms with Gasteiger partial charge in [-0.05, 0) is 55.2 Å². The van der Waals surface area contributed by atoms with Gasteiger partial charge in [-0.2, -0.15) is 0 Å². The Morgan fingerprint density at radius 1 is 1.17 bits per heavy atom. The Morgan fingerprint density at radius 3 is 2.90 bits per heavy atom. The summed E-state index contributed by atoms with van der Waals surface area (Å²) in [6, 6.07) is 9.18. The highest BCUT2D eigenvalue weighted by Gasteiger charge is 2.41. The highest BCUT2D eigenvalue weighted by molar-refractivity contribution is 6.31. The van der Waals surface area contributed by atoms with Gasteiger partial charge in [0.1, 0.15) is 11.5 Å². The molecule has 1 unspecified atom stereocenters. The molecule has 2 amide bonds. The Labute approximate surface area is 171 Å². The lowest BCUT2D eigenvalue weighted by atomic mass is 9.83. The van der Waals surface area contributed by atoms with E-state index in [1.165, 1.54) is 0 Å².